The second kappa shape index (κ2) is 7.06. The first-order valence-corrected chi connectivity index (χ1v) is 8.90. The van der Waals surface area contributed by atoms with E-state index in [-0.39, 0.29) is 5.56 Å². The second-order valence-corrected chi connectivity index (χ2v) is 6.77. The van der Waals surface area contributed by atoms with Gasteiger partial charge in [0.15, 0.2) is 0 Å². The van der Waals surface area contributed by atoms with Crippen molar-refractivity contribution in [1.29, 1.82) is 0 Å². The largest absolute Gasteiger partial charge is 0.478 e. The highest BCUT2D eigenvalue weighted by Crippen LogP contribution is 2.34. The zero-order valence-corrected chi connectivity index (χ0v) is 15.5. The Morgan fingerprint density at radius 1 is 1.24 bits per heavy atom. The molecule has 4 nitrogen and oxygen atoms in total. The zero-order valence-electron chi connectivity index (χ0n) is 14.0. The maximum atomic E-state index is 11.8. The van der Waals surface area contributed by atoms with Crippen molar-refractivity contribution < 1.29 is 9.90 Å². The lowest BCUT2D eigenvalue weighted by molar-refractivity contribution is 0.0698. The van der Waals surface area contributed by atoms with Crippen molar-refractivity contribution in [2.24, 2.45) is 0 Å². The highest BCUT2D eigenvalue weighted by molar-refractivity contribution is 6.33. The van der Waals surface area contributed by atoms with Gasteiger partial charge in [-0.3, -0.25) is 4.57 Å². The molecular weight excluding hydrogens is 359 g/mol. The van der Waals surface area contributed by atoms with Crippen LogP contribution in [-0.4, -0.2) is 20.6 Å². The Hall–Kier alpha value is -2.04. The van der Waals surface area contributed by atoms with Crippen molar-refractivity contribution in [1.82, 2.24) is 9.55 Å². The number of halogens is 2. The molecule has 3 rings (SSSR count). The molecule has 0 aliphatic rings. The Bertz CT molecular complexity index is 964. The second-order valence-electron chi connectivity index (χ2n) is 5.95. The van der Waals surface area contributed by atoms with E-state index in [9.17, 15) is 9.90 Å². The lowest BCUT2D eigenvalue weighted by atomic mass is 10.1. The molecule has 0 bridgehead atoms. The number of aromatic carboxylic acids is 1. The summed E-state index contributed by atoms with van der Waals surface area (Å²) in [5, 5.41) is 10.6. The maximum absolute atomic E-state index is 11.8. The van der Waals surface area contributed by atoms with Gasteiger partial charge in [0.05, 0.1) is 27.3 Å². The fourth-order valence-electron chi connectivity index (χ4n) is 2.95. The molecule has 1 heterocycles. The van der Waals surface area contributed by atoms with Crippen LogP contribution in [0, 0.1) is 6.92 Å². The standard InChI is InChI=1S/C19H18Cl2N2O2/c1-3-4-9-16-22-17-11(2)14(21)10-12(19(24)25)18(17)23(16)15-8-6-5-7-13(15)20/h5-8,10H,3-4,9H2,1-2H3,(H,24,25). The molecule has 0 amide bonds. The van der Waals surface area contributed by atoms with E-state index < -0.39 is 5.97 Å². The Morgan fingerprint density at radius 3 is 2.60 bits per heavy atom. The van der Waals surface area contributed by atoms with E-state index in [1.54, 1.807) is 6.07 Å². The van der Waals surface area contributed by atoms with Crippen molar-refractivity contribution in [2.45, 2.75) is 33.1 Å². The lowest BCUT2D eigenvalue weighted by Crippen LogP contribution is -2.06. The number of nitrogens with zero attached hydrogens (tertiary/aromatic N) is 2. The third-order valence-electron chi connectivity index (χ3n) is 4.26. The first-order chi connectivity index (χ1) is 12.0. The molecule has 6 heteroatoms. The van der Waals surface area contributed by atoms with Crippen LogP contribution in [0.15, 0.2) is 30.3 Å². The number of benzene rings is 2. The van der Waals surface area contributed by atoms with Gasteiger partial charge >= 0.3 is 5.97 Å². The van der Waals surface area contributed by atoms with Crippen LogP contribution in [-0.2, 0) is 6.42 Å². The van der Waals surface area contributed by atoms with Gasteiger partial charge < -0.3 is 5.11 Å². The van der Waals surface area contributed by atoms with Gasteiger partial charge in [0.25, 0.3) is 0 Å². The molecule has 2 aromatic carbocycles. The molecule has 130 valence electrons. The van der Waals surface area contributed by atoms with Crippen LogP contribution in [0.25, 0.3) is 16.7 Å². The first kappa shape index (κ1) is 17.8. The number of fused-ring (bicyclic) bond motifs is 1. The molecule has 0 aliphatic heterocycles. The molecule has 25 heavy (non-hydrogen) atoms. The summed E-state index contributed by atoms with van der Waals surface area (Å²) >= 11 is 12.6. The summed E-state index contributed by atoms with van der Waals surface area (Å²) in [7, 11) is 0. The number of imidazole rings is 1. The molecule has 0 spiro atoms. The number of carboxylic acids is 1. The number of carboxylic acid groups (broad SMARTS) is 1. The number of rotatable bonds is 5. The maximum Gasteiger partial charge on any atom is 0.337 e. The van der Waals surface area contributed by atoms with Gasteiger partial charge in [-0.05, 0) is 37.1 Å². The molecule has 0 fully saturated rings. The van der Waals surface area contributed by atoms with Gasteiger partial charge in [-0.1, -0.05) is 48.7 Å². The summed E-state index contributed by atoms with van der Waals surface area (Å²) < 4.78 is 1.86. The van der Waals surface area contributed by atoms with Gasteiger partial charge in [-0.15, -0.1) is 0 Å². The van der Waals surface area contributed by atoms with Gasteiger partial charge in [-0.25, -0.2) is 9.78 Å². The minimum Gasteiger partial charge on any atom is -0.478 e. The summed E-state index contributed by atoms with van der Waals surface area (Å²) in [6.45, 7) is 3.96. The smallest absolute Gasteiger partial charge is 0.337 e. The first-order valence-electron chi connectivity index (χ1n) is 8.14. The third-order valence-corrected chi connectivity index (χ3v) is 4.98. The molecule has 0 saturated heterocycles. The van der Waals surface area contributed by atoms with Crippen LogP contribution in [0.2, 0.25) is 10.0 Å². The number of hydrogen-bond donors (Lipinski definition) is 1. The molecule has 1 aromatic heterocycles. The highest BCUT2D eigenvalue weighted by Gasteiger charge is 2.23. The van der Waals surface area contributed by atoms with Crippen LogP contribution in [0.4, 0.5) is 0 Å². The fraction of sp³-hybridized carbons (Fsp3) is 0.263. The normalized spacial score (nSPS) is 11.2. The number of hydrogen-bond acceptors (Lipinski definition) is 2. The number of carbonyl (C=O) groups is 1. The third kappa shape index (κ3) is 3.12. The molecule has 0 unspecified atom stereocenters. The van der Waals surface area contributed by atoms with Crippen LogP contribution in [0.1, 0.15) is 41.5 Å². The van der Waals surface area contributed by atoms with Crippen molar-refractivity contribution in [3.63, 3.8) is 0 Å². The summed E-state index contributed by atoms with van der Waals surface area (Å²) in [6.07, 6.45) is 2.69. The average Bonchev–Trinajstić information content (AvgIpc) is 2.96. The van der Waals surface area contributed by atoms with E-state index in [2.05, 4.69) is 6.92 Å². The van der Waals surface area contributed by atoms with Crippen LogP contribution in [0.5, 0.6) is 0 Å². The SMILES string of the molecule is CCCCc1nc2c(C)c(Cl)cc(C(=O)O)c2n1-c1ccccc1Cl. The van der Waals surface area contributed by atoms with E-state index in [4.69, 9.17) is 28.2 Å². The molecule has 3 aromatic rings. The summed E-state index contributed by atoms with van der Waals surface area (Å²) in [5.41, 5.74) is 2.76. The minimum atomic E-state index is -1.04. The van der Waals surface area contributed by atoms with E-state index >= 15 is 0 Å². The number of para-hydroxylation sites is 1. The van der Waals surface area contributed by atoms with E-state index in [0.29, 0.717) is 21.1 Å². The van der Waals surface area contributed by atoms with Crippen molar-refractivity contribution in [2.75, 3.05) is 0 Å². The van der Waals surface area contributed by atoms with E-state index in [1.807, 2.05) is 29.7 Å². The Morgan fingerprint density at radius 2 is 1.96 bits per heavy atom. The van der Waals surface area contributed by atoms with Gasteiger partial charge in [-0.2, -0.15) is 0 Å². The topological polar surface area (TPSA) is 55.1 Å². The fourth-order valence-corrected chi connectivity index (χ4v) is 3.37. The summed E-state index contributed by atoms with van der Waals surface area (Å²) in [5.74, 6) is -0.250. The predicted molar refractivity (Wildman–Crippen MR) is 101 cm³/mol. The molecule has 0 atom stereocenters. The number of unbranched alkanes of at least 4 members (excludes halogenated alkanes) is 1. The van der Waals surface area contributed by atoms with Gasteiger partial charge in [0.1, 0.15) is 5.82 Å². The molecule has 1 N–H and O–H groups in total. The highest BCUT2D eigenvalue weighted by atomic mass is 35.5. The monoisotopic (exact) mass is 376 g/mol. The van der Waals surface area contributed by atoms with Gasteiger partial charge in [0.2, 0.25) is 0 Å². The number of aromatic nitrogens is 2. The van der Waals surface area contributed by atoms with Crippen molar-refractivity contribution in [3.05, 3.63) is 57.3 Å². The lowest BCUT2D eigenvalue weighted by Gasteiger charge is -2.13. The molecule has 0 saturated carbocycles. The molecule has 0 aliphatic carbocycles. The van der Waals surface area contributed by atoms with Crippen LogP contribution < -0.4 is 0 Å². The van der Waals surface area contributed by atoms with Gasteiger partial charge in [0, 0.05) is 11.4 Å². The minimum absolute atomic E-state index is 0.126. The van der Waals surface area contributed by atoms with Crippen molar-refractivity contribution in [3.8, 4) is 5.69 Å². The zero-order chi connectivity index (χ0) is 18.1. The Labute approximate surface area is 156 Å². The summed E-state index contributed by atoms with van der Waals surface area (Å²) in [4.78, 5) is 16.6. The number of aryl methyl sites for hydroxylation is 2. The van der Waals surface area contributed by atoms with Crippen LogP contribution >= 0.6 is 23.2 Å². The molecule has 0 radical (unpaired) electrons. The Kier molecular flexibility index (Phi) is 5.02. The predicted octanol–water partition coefficient (Wildman–Crippen LogP) is 5.68. The van der Waals surface area contributed by atoms with Crippen molar-refractivity contribution >= 4 is 40.2 Å². The van der Waals surface area contributed by atoms with E-state index in [0.717, 1.165) is 36.3 Å². The average molecular weight is 377 g/mol. The quantitative estimate of drug-likeness (QED) is 0.622. The Balaban J connectivity index is 2.44. The van der Waals surface area contributed by atoms with E-state index in [1.165, 1.54) is 6.07 Å². The summed E-state index contributed by atoms with van der Waals surface area (Å²) in [6, 6.07) is 8.86. The molecular formula is C19H18Cl2N2O2. The van der Waals surface area contributed by atoms with Crippen LogP contribution in [0.3, 0.4) is 0 Å².